The van der Waals surface area contributed by atoms with Crippen molar-refractivity contribution < 1.29 is 18.0 Å². The molecule has 0 aromatic heterocycles. The van der Waals surface area contributed by atoms with Crippen LogP contribution in [0.5, 0.6) is 0 Å². The Balaban J connectivity index is 1.96. The molecule has 0 radical (unpaired) electrons. The van der Waals surface area contributed by atoms with E-state index in [1.807, 2.05) is 0 Å². The normalized spacial score (nSPS) is 14.7. The van der Waals surface area contributed by atoms with E-state index in [1.54, 1.807) is 12.1 Å². The van der Waals surface area contributed by atoms with Crippen molar-refractivity contribution in [2.24, 2.45) is 5.92 Å². The minimum absolute atomic E-state index is 0.0811. The van der Waals surface area contributed by atoms with E-state index in [0.29, 0.717) is 5.56 Å². The Morgan fingerprint density at radius 2 is 1.76 bits per heavy atom. The summed E-state index contributed by atoms with van der Waals surface area (Å²) in [6, 6.07) is 5.94. The van der Waals surface area contributed by atoms with Crippen LogP contribution in [0.25, 0.3) is 0 Å². The number of hydrogen-bond acceptors (Lipinski definition) is 4. The van der Waals surface area contributed by atoms with Crippen LogP contribution >= 0.6 is 0 Å². The predicted molar refractivity (Wildman–Crippen MR) is 77.4 cm³/mol. The third-order valence-electron chi connectivity index (χ3n) is 3.19. The van der Waals surface area contributed by atoms with Gasteiger partial charge in [-0.3, -0.25) is 9.59 Å². The number of rotatable bonds is 7. The van der Waals surface area contributed by atoms with Crippen molar-refractivity contribution in [2.45, 2.75) is 24.7 Å². The Hall–Kier alpha value is -1.73. The zero-order chi connectivity index (χ0) is 15.5. The zero-order valence-corrected chi connectivity index (χ0v) is 12.6. The fourth-order valence-corrected chi connectivity index (χ4v) is 2.92. The Labute approximate surface area is 124 Å². The van der Waals surface area contributed by atoms with Crippen LogP contribution in [0.1, 0.15) is 30.1 Å². The van der Waals surface area contributed by atoms with Crippen molar-refractivity contribution in [1.82, 2.24) is 10.0 Å². The average molecular weight is 310 g/mol. The van der Waals surface area contributed by atoms with Crippen molar-refractivity contribution in [1.29, 1.82) is 0 Å². The highest BCUT2D eigenvalue weighted by Crippen LogP contribution is 2.32. The van der Waals surface area contributed by atoms with Gasteiger partial charge in [0, 0.05) is 31.5 Å². The highest BCUT2D eigenvalue weighted by Gasteiger charge is 2.30. The number of carbonyl (C=O) groups is 2. The lowest BCUT2D eigenvalue weighted by molar-refractivity contribution is -0.118. The van der Waals surface area contributed by atoms with Crippen LogP contribution in [0.2, 0.25) is 0 Å². The first-order valence-corrected chi connectivity index (χ1v) is 8.27. The topological polar surface area (TPSA) is 92.3 Å². The minimum atomic E-state index is -3.62. The fraction of sp³-hybridized carbons (Fsp3) is 0.429. The minimum Gasteiger partial charge on any atom is -0.355 e. The van der Waals surface area contributed by atoms with Crippen LogP contribution in [0, 0.1) is 5.92 Å². The Bertz CT molecular complexity index is 633. The molecule has 1 aliphatic carbocycles. The summed E-state index contributed by atoms with van der Waals surface area (Å²) >= 11 is 0. The molecule has 1 aliphatic rings. The molecule has 1 fully saturated rings. The summed E-state index contributed by atoms with van der Waals surface area (Å²) in [5.74, 6) is -0.0158. The summed E-state index contributed by atoms with van der Waals surface area (Å²) in [6.07, 6.45) is 1.84. The summed E-state index contributed by atoms with van der Waals surface area (Å²) in [5, 5.41) is 2.50. The summed E-state index contributed by atoms with van der Waals surface area (Å²) in [4.78, 5) is 22.6. The maximum atomic E-state index is 12.0. The third-order valence-corrected chi connectivity index (χ3v) is 4.67. The fourth-order valence-electron chi connectivity index (χ4n) is 1.89. The Kier molecular flexibility index (Phi) is 4.74. The predicted octanol–water partition coefficient (Wildman–Crippen LogP) is 0.694. The smallest absolute Gasteiger partial charge is 0.240 e. The monoisotopic (exact) mass is 310 g/mol. The number of nitrogens with one attached hydrogen (secondary N) is 2. The standard InChI is InChI=1S/C14H18N2O4S/c1-10(17)15-8-9-16-21(19,20)13-6-4-12(5-7-13)14(18)11-2-3-11/h4-7,11,16H,2-3,8-9H2,1H3,(H,15,17). The molecule has 0 heterocycles. The van der Waals surface area contributed by atoms with Crippen LogP contribution < -0.4 is 10.0 Å². The second-order valence-corrected chi connectivity index (χ2v) is 6.81. The van der Waals surface area contributed by atoms with Gasteiger partial charge in [-0.25, -0.2) is 13.1 Å². The van der Waals surface area contributed by atoms with E-state index in [2.05, 4.69) is 10.0 Å². The molecule has 0 atom stereocenters. The summed E-state index contributed by atoms with van der Waals surface area (Å²) in [6.45, 7) is 1.71. The van der Waals surface area contributed by atoms with Gasteiger partial charge in [0.05, 0.1) is 4.90 Å². The first-order chi connectivity index (χ1) is 9.90. The van der Waals surface area contributed by atoms with Gasteiger partial charge in [0.1, 0.15) is 0 Å². The Morgan fingerprint density at radius 1 is 1.14 bits per heavy atom. The number of Topliss-reactive ketones (excluding diaryl/α,β-unsaturated/α-hetero) is 1. The molecule has 2 N–H and O–H groups in total. The molecule has 7 heteroatoms. The van der Waals surface area contributed by atoms with E-state index in [-0.39, 0.29) is 35.6 Å². The van der Waals surface area contributed by atoms with E-state index in [1.165, 1.54) is 19.1 Å². The van der Waals surface area contributed by atoms with Gasteiger partial charge in [0.25, 0.3) is 0 Å². The third kappa shape index (κ3) is 4.37. The van der Waals surface area contributed by atoms with E-state index < -0.39 is 10.0 Å². The SMILES string of the molecule is CC(=O)NCCNS(=O)(=O)c1ccc(C(=O)C2CC2)cc1. The lowest BCUT2D eigenvalue weighted by Crippen LogP contribution is -2.33. The second-order valence-electron chi connectivity index (χ2n) is 5.04. The Morgan fingerprint density at radius 3 is 2.29 bits per heavy atom. The zero-order valence-electron chi connectivity index (χ0n) is 11.8. The molecular weight excluding hydrogens is 292 g/mol. The number of carbonyl (C=O) groups excluding carboxylic acids is 2. The van der Waals surface area contributed by atoms with Gasteiger partial charge in [-0.15, -0.1) is 0 Å². The largest absolute Gasteiger partial charge is 0.355 e. The van der Waals surface area contributed by atoms with Crippen LogP contribution in [0.4, 0.5) is 0 Å². The van der Waals surface area contributed by atoms with E-state index in [9.17, 15) is 18.0 Å². The maximum Gasteiger partial charge on any atom is 0.240 e. The molecule has 114 valence electrons. The number of ketones is 1. The summed E-state index contributed by atoms with van der Waals surface area (Å²) in [5.41, 5.74) is 0.551. The molecule has 1 aromatic rings. The molecule has 21 heavy (non-hydrogen) atoms. The number of hydrogen-bond donors (Lipinski definition) is 2. The molecule has 0 spiro atoms. The quantitative estimate of drug-likeness (QED) is 0.572. The van der Waals surface area contributed by atoms with Gasteiger partial charge < -0.3 is 5.32 Å². The second kappa shape index (κ2) is 6.36. The van der Waals surface area contributed by atoms with E-state index in [4.69, 9.17) is 0 Å². The van der Waals surface area contributed by atoms with Crippen LogP contribution in [-0.2, 0) is 14.8 Å². The molecule has 1 aromatic carbocycles. The van der Waals surface area contributed by atoms with E-state index in [0.717, 1.165) is 12.8 Å². The van der Waals surface area contributed by atoms with Gasteiger partial charge in [0.2, 0.25) is 15.9 Å². The highest BCUT2D eigenvalue weighted by atomic mass is 32.2. The molecule has 0 aliphatic heterocycles. The van der Waals surface area contributed by atoms with Crippen molar-refractivity contribution in [2.75, 3.05) is 13.1 Å². The van der Waals surface area contributed by atoms with Crippen molar-refractivity contribution in [3.05, 3.63) is 29.8 Å². The molecule has 2 rings (SSSR count). The number of amides is 1. The van der Waals surface area contributed by atoms with Crippen molar-refractivity contribution in [3.63, 3.8) is 0 Å². The molecule has 0 bridgehead atoms. The van der Waals surface area contributed by atoms with Gasteiger partial charge in [-0.05, 0) is 25.0 Å². The summed E-state index contributed by atoms with van der Waals surface area (Å²) < 4.78 is 26.4. The van der Waals surface area contributed by atoms with Crippen LogP contribution in [-0.4, -0.2) is 33.2 Å². The summed E-state index contributed by atoms with van der Waals surface area (Å²) in [7, 11) is -3.62. The van der Waals surface area contributed by atoms with Gasteiger partial charge in [-0.2, -0.15) is 0 Å². The number of benzene rings is 1. The maximum absolute atomic E-state index is 12.0. The van der Waals surface area contributed by atoms with Crippen molar-refractivity contribution in [3.8, 4) is 0 Å². The van der Waals surface area contributed by atoms with E-state index >= 15 is 0 Å². The lowest BCUT2D eigenvalue weighted by atomic mass is 10.1. The molecule has 1 saturated carbocycles. The van der Waals surface area contributed by atoms with Crippen molar-refractivity contribution >= 4 is 21.7 Å². The highest BCUT2D eigenvalue weighted by molar-refractivity contribution is 7.89. The molecule has 1 amide bonds. The van der Waals surface area contributed by atoms with Gasteiger partial charge >= 0.3 is 0 Å². The van der Waals surface area contributed by atoms with Crippen LogP contribution in [0.3, 0.4) is 0 Å². The van der Waals surface area contributed by atoms with Gasteiger partial charge in [-0.1, -0.05) is 12.1 Å². The number of sulfonamides is 1. The first kappa shape index (κ1) is 15.7. The first-order valence-electron chi connectivity index (χ1n) is 6.78. The molecule has 6 nitrogen and oxygen atoms in total. The molecule has 0 unspecified atom stereocenters. The lowest BCUT2D eigenvalue weighted by Gasteiger charge is -2.07. The molecular formula is C14H18N2O4S. The van der Waals surface area contributed by atoms with Gasteiger partial charge in [0.15, 0.2) is 5.78 Å². The average Bonchev–Trinajstić information content (AvgIpc) is 3.27. The molecule has 0 saturated heterocycles. The van der Waals surface area contributed by atoms with Crippen LogP contribution in [0.15, 0.2) is 29.2 Å².